The van der Waals surface area contributed by atoms with Crippen molar-refractivity contribution < 1.29 is 22.7 Å². The van der Waals surface area contributed by atoms with Gasteiger partial charge in [-0.1, -0.05) is 9.24 Å². The first kappa shape index (κ1) is 19.6. The van der Waals surface area contributed by atoms with Crippen LogP contribution in [0.1, 0.15) is 0 Å². The maximum absolute atomic E-state index is 15.3. The Balaban J connectivity index is 2.27. The molecule has 2 aromatic carbocycles. The maximum Gasteiger partial charge on any atom is 0.298 e. The average molecular weight is 428 g/mol. The van der Waals surface area contributed by atoms with Crippen LogP contribution in [0.3, 0.4) is 0 Å². The average Bonchev–Trinajstić information content (AvgIpc) is 2.74. The molecule has 1 heterocycles. The lowest BCUT2D eigenvalue weighted by Crippen LogP contribution is -2.14. The summed E-state index contributed by atoms with van der Waals surface area (Å²) >= 11 is 0. The summed E-state index contributed by atoms with van der Waals surface area (Å²) in [6.07, 6.45) is 0. The number of ether oxygens (including phenoxy) is 1. The molecule has 0 radical (unpaired) electrons. The normalized spacial score (nSPS) is 11.0. The van der Waals surface area contributed by atoms with Crippen LogP contribution in [0.4, 0.5) is 20.2 Å². The van der Waals surface area contributed by atoms with Crippen molar-refractivity contribution in [2.75, 3.05) is 5.73 Å². The van der Waals surface area contributed by atoms with E-state index in [2.05, 4.69) is 5.18 Å². The Kier molecular flexibility index (Phi) is 4.75. The lowest BCUT2D eigenvalue weighted by atomic mass is 9.92. The highest BCUT2D eigenvalue weighted by Crippen LogP contribution is 2.46. The second kappa shape index (κ2) is 7.27. The minimum Gasteiger partial charge on any atom is -0.456 e. The molecule has 150 valence electrons. The van der Waals surface area contributed by atoms with Gasteiger partial charge in [0.2, 0.25) is 0 Å². The lowest BCUT2D eigenvalue weighted by Gasteiger charge is -2.19. The number of halogens is 2. The van der Waals surface area contributed by atoms with Gasteiger partial charge in [0, 0.05) is 28.6 Å². The fourth-order valence-corrected chi connectivity index (χ4v) is 3.66. The van der Waals surface area contributed by atoms with Gasteiger partial charge in [0.25, 0.3) is 6.47 Å². The summed E-state index contributed by atoms with van der Waals surface area (Å²) in [7, 11) is 2.02. The first-order chi connectivity index (χ1) is 14.4. The molecule has 0 saturated heterocycles. The summed E-state index contributed by atoms with van der Waals surface area (Å²) in [5.41, 5.74) is 4.69. The van der Waals surface area contributed by atoms with Gasteiger partial charge in [0.1, 0.15) is 22.7 Å². The predicted octanol–water partition coefficient (Wildman–Crippen LogP) is 3.86. The minimum atomic E-state index is -1.16. The Hall–Kier alpha value is -3.71. The van der Waals surface area contributed by atoms with E-state index < -0.39 is 23.1 Å². The van der Waals surface area contributed by atoms with Crippen LogP contribution in [0.5, 0.6) is 5.75 Å². The lowest BCUT2D eigenvalue weighted by molar-refractivity contribution is -0.120. The summed E-state index contributed by atoms with van der Waals surface area (Å²) in [5, 5.41) is 2.87. The third-order valence-corrected chi connectivity index (χ3v) is 5.11. The Labute approximate surface area is 169 Å². The molecule has 1 aliphatic carbocycles. The van der Waals surface area contributed by atoms with Crippen molar-refractivity contribution in [2.45, 2.75) is 0 Å². The predicted molar refractivity (Wildman–Crippen MR) is 110 cm³/mol. The van der Waals surface area contributed by atoms with Gasteiger partial charge in [-0.25, -0.2) is 8.78 Å². The maximum atomic E-state index is 15.3. The Morgan fingerprint density at radius 1 is 1.10 bits per heavy atom. The fourth-order valence-electron chi connectivity index (χ4n) is 3.29. The number of carbonyl (C=O) groups excluding carboxylic acids is 1. The molecule has 2 aliphatic rings. The zero-order valence-electron chi connectivity index (χ0n) is 14.9. The van der Waals surface area contributed by atoms with E-state index in [9.17, 15) is 18.9 Å². The molecule has 0 bridgehead atoms. The van der Waals surface area contributed by atoms with Crippen LogP contribution in [0.25, 0.3) is 33.4 Å². The second-order valence-corrected chi connectivity index (χ2v) is 6.86. The number of hydrogen-bond donors (Lipinski definition) is 1. The molecule has 4 rings (SSSR count). The van der Waals surface area contributed by atoms with E-state index in [1.165, 1.54) is 36.4 Å². The Morgan fingerprint density at radius 3 is 2.57 bits per heavy atom. The number of nitrogen functional groups attached to an aromatic ring is 1. The number of nitrogens with zero attached hydrogens (tertiary/aromatic N) is 1. The van der Waals surface area contributed by atoms with Crippen LogP contribution in [-0.4, -0.2) is 6.47 Å². The summed E-state index contributed by atoms with van der Waals surface area (Å²) in [6.45, 7) is 0.0311. The van der Waals surface area contributed by atoms with E-state index in [-0.39, 0.29) is 50.9 Å². The third-order valence-electron chi connectivity index (χ3n) is 4.60. The Morgan fingerprint density at radius 2 is 1.87 bits per heavy atom. The molecule has 0 amide bonds. The largest absolute Gasteiger partial charge is 0.456 e. The summed E-state index contributed by atoms with van der Waals surface area (Å²) < 4.78 is 40.2. The van der Waals surface area contributed by atoms with Gasteiger partial charge in [-0.2, -0.15) is 0 Å². The zero-order chi connectivity index (χ0) is 21.6. The van der Waals surface area contributed by atoms with Crippen LogP contribution < -0.4 is 21.2 Å². The van der Waals surface area contributed by atoms with Crippen molar-refractivity contribution in [1.82, 2.24) is 0 Å². The molecule has 1 atom stereocenters. The highest BCUT2D eigenvalue weighted by atomic mass is 31.0. The van der Waals surface area contributed by atoms with Crippen molar-refractivity contribution in [1.29, 1.82) is 0 Å². The van der Waals surface area contributed by atoms with E-state index in [1.54, 1.807) is 0 Å². The Bertz CT molecular complexity index is 1390. The van der Waals surface area contributed by atoms with E-state index in [1.807, 2.05) is 9.24 Å². The van der Waals surface area contributed by atoms with E-state index >= 15 is 4.39 Å². The van der Waals surface area contributed by atoms with Gasteiger partial charge in [-0.05, 0) is 29.4 Å². The molecule has 1 aliphatic heterocycles. The zero-order valence-corrected chi connectivity index (χ0v) is 16.1. The highest BCUT2D eigenvalue weighted by Gasteiger charge is 2.28. The number of carbonyl (C=O) groups is 1. The summed E-state index contributed by atoms with van der Waals surface area (Å²) in [5.74, 6) is -2.59. The van der Waals surface area contributed by atoms with Gasteiger partial charge in [-0.15, -0.1) is 4.91 Å². The monoisotopic (exact) mass is 428 g/mol. The molecule has 7 nitrogen and oxygen atoms in total. The van der Waals surface area contributed by atoms with Crippen LogP contribution in [0.15, 0.2) is 50.8 Å². The number of benzene rings is 3. The molecule has 0 saturated carbocycles. The highest BCUT2D eigenvalue weighted by molar-refractivity contribution is 7.27. The van der Waals surface area contributed by atoms with Gasteiger partial charge in [0.05, 0.1) is 10.9 Å². The van der Waals surface area contributed by atoms with Crippen molar-refractivity contribution in [3.8, 4) is 28.2 Å². The molecule has 2 N–H and O–H groups in total. The van der Waals surface area contributed by atoms with Crippen LogP contribution in [0.2, 0.25) is 0 Å². The number of hydrogen-bond acceptors (Lipinski definition) is 7. The number of anilines is 1. The molecule has 1 unspecified atom stereocenters. The fraction of sp³-hybridized carbons (Fsp3) is 0. The molecule has 0 spiro atoms. The third kappa shape index (κ3) is 2.91. The van der Waals surface area contributed by atoms with Crippen molar-refractivity contribution in [3.63, 3.8) is 0 Å². The number of nitrogens with two attached hydrogens (primary N) is 1. The van der Waals surface area contributed by atoms with Gasteiger partial charge in [-0.3, -0.25) is 9.59 Å². The number of nitroso groups, excluding NO2 is 1. The van der Waals surface area contributed by atoms with E-state index in [0.717, 1.165) is 0 Å². The molecule has 0 fully saturated rings. The molecule has 30 heavy (non-hydrogen) atoms. The van der Waals surface area contributed by atoms with E-state index in [0.29, 0.717) is 5.39 Å². The van der Waals surface area contributed by atoms with Gasteiger partial charge in [0.15, 0.2) is 22.8 Å². The molecular formula is C20H11F2N2O5P. The van der Waals surface area contributed by atoms with E-state index in [4.69, 9.17) is 14.9 Å². The molecule has 2 aromatic rings. The first-order valence-electron chi connectivity index (χ1n) is 8.38. The first-order valence-corrected chi connectivity index (χ1v) is 8.95. The van der Waals surface area contributed by atoms with Gasteiger partial charge < -0.3 is 14.9 Å². The van der Waals surface area contributed by atoms with Crippen LogP contribution in [-0.2, 0) is 4.79 Å². The number of fused-ring (bicyclic) bond motifs is 2. The summed E-state index contributed by atoms with van der Waals surface area (Å²) in [4.78, 5) is 33.8. The van der Waals surface area contributed by atoms with Crippen LogP contribution in [0, 0.1) is 16.5 Å². The van der Waals surface area contributed by atoms with Gasteiger partial charge >= 0.3 is 0 Å². The van der Waals surface area contributed by atoms with Crippen molar-refractivity contribution in [3.05, 3.63) is 63.2 Å². The molecular weight excluding hydrogens is 417 g/mol. The van der Waals surface area contributed by atoms with Crippen LogP contribution >= 0.6 is 9.24 Å². The van der Waals surface area contributed by atoms with Crippen molar-refractivity contribution in [2.24, 2.45) is 5.18 Å². The second-order valence-electron chi connectivity index (χ2n) is 6.28. The standard InChI is InChI=1S/C20H11F2N2O5P/c21-16-15(19(28-7-25)20(30)17(22)18(16)23)14-10-3-1-8(24-27)5-12(10)29-13-6-9(26)2-4-11(13)14/h1-7H,23,30H2. The molecule has 10 heteroatoms. The minimum absolute atomic E-state index is 0.0311. The summed E-state index contributed by atoms with van der Waals surface area (Å²) in [6, 6.07) is 7.92. The SMILES string of the molecule is Nc1c(F)c(P)c(OC=O)c(-c2c3ccc(=O)cc-3oc3cc(N=O)ccc23)c1F. The smallest absolute Gasteiger partial charge is 0.298 e. The topological polar surface area (TPSA) is 112 Å². The molecule has 0 aromatic heterocycles. The van der Waals surface area contributed by atoms with Crippen molar-refractivity contribution >= 4 is 43.4 Å². The number of rotatable bonds is 4. The quantitative estimate of drug-likeness (QED) is 0.174.